The number of benzene rings is 1. The number of rotatable bonds is 2. The molecule has 0 bridgehead atoms. The molecule has 0 spiro atoms. The molecule has 2 aromatic rings. The minimum absolute atomic E-state index is 0.0777. The molecule has 14 heavy (non-hydrogen) atoms. The van der Waals surface area contributed by atoms with Crippen LogP contribution in [0.25, 0.3) is 11.0 Å². The zero-order valence-corrected chi connectivity index (χ0v) is 7.76. The summed E-state index contributed by atoms with van der Waals surface area (Å²) in [6, 6.07) is 5.15. The third-order valence-electron chi connectivity index (χ3n) is 2.16. The summed E-state index contributed by atoms with van der Waals surface area (Å²) in [5, 5.41) is 0. The number of Topliss-reactive ketones (excluding diaryl/α,β-unsaturated/α-hetero) is 1. The molecule has 0 radical (unpaired) electrons. The molecule has 1 heterocycles. The zero-order chi connectivity index (χ0) is 10.1. The molecule has 2 N–H and O–H groups in total. The van der Waals surface area contributed by atoms with Gasteiger partial charge in [0.1, 0.15) is 0 Å². The molecule has 0 amide bonds. The van der Waals surface area contributed by atoms with Gasteiger partial charge in [0.05, 0.1) is 11.0 Å². The second-order valence-corrected chi connectivity index (χ2v) is 3.12. The van der Waals surface area contributed by atoms with Crippen molar-refractivity contribution in [2.75, 3.05) is 0 Å². The second kappa shape index (κ2) is 3.14. The van der Waals surface area contributed by atoms with E-state index < -0.39 is 0 Å². The zero-order valence-electron chi connectivity index (χ0n) is 7.76. The minimum Gasteiger partial charge on any atom is -0.306 e. The van der Waals surface area contributed by atoms with Gasteiger partial charge in [-0.15, -0.1) is 0 Å². The van der Waals surface area contributed by atoms with Crippen LogP contribution in [0.5, 0.6) is 0 Å². The number of aromatic amines is 2. The van der Waals surface area contributed by atoms with E-state index in [0.29, 0.717) is 17.5 Å². The highest BCUT2D eigenvalue weighted by molar-refractivity contribution is 5.98. The van der Waals surface area contributed by atoms with E-state index in [1.54, 1.807) is 18.2 Å². The molecule has 2 rings (SSSR count). The topological polar surface area (TPSA) is 65.7 Å². The minimum atomic E-state index is -0.249. The van der Waals surface area contributed by atoms with Crippen molar-refractivity contribution >= 4 is 16.8 Å². The van der Waals surface area contributed by atoms with Crippen LogP contribution in [0.3, 0.4) is 0 Å². The van der Waals surface area contributed by atoms with Gasteiger partial charge < -0.3 is 9.97 Å². The summed E-state index contributed by atoms with van der Waals surface area (Å²) >= 11 is 0. The number of imidazole rings is 1. The van der Waals surface area contributed by atoms with Gasteiger partial charge >= 0.3 is 5.69 Å². The molecule has 0 saturated heterocycles. The molecule has 1 aromatic heterocycles. The van der Waals surface area contributed by atoms with Crippen LogP contribution in [0.2, 0.25) is 0 Å². The van der Waals surface area contributed by atoms with E-state index >= 15 is 0 Å². The molecule has 4 nitrogen and oxygen atoms in total. The third-order valence-corrected chi connectivity index (χ3v) is 2.16. The van der Waals surface area contributed by atoms with Crippen LogP contribution in [-0.2, 0) is 0 Å². The third kappa shape index (κ3) is 1.35. The number of carbonyl (C=O) groups is 1. The van der Waals surface area contributed by atoms with Crippen molar-refractivity contribution in [3.05, 3.63) is 34.2 Å². The van der Waals surface area contributed by atoms with Crippen molar-refractivity contribution in [1.82, 2.24) is 9.97 Å². The first-order valence-corrected chi connectivity index (χ1v) is 4.46. The lowest BCUT2D eigenvalue weighted by Gasteiger charge is -1.96. The summed E-state index contributed by atoms with van der Waals surface area (Å²) in [4.78, 5) is 27.5. The van der Waals surface area contributed by atoms with E-state index in [1.165, 1.54) is 0 Å². The highest BCUT2D eigenvalue weighted by atomic mass is 16.1. The van der Waals surface area contributed by atoms with Crippen molar-refractivity contribution in [3.8, 4) is 0 Å². The lowest BCUT2D eigenvalue weighted by Crippen LogP contribution is -1.99. The van der Waals surface area contributed by atoms with Crippen LogP contribution in [0.1, 0.15) is 23.7 Å². The standard InChI is InChI=1S/C10H10N2O2/c1-2-9(13)6-3-4-7-8(5-6)12-10(14)11-7/h3-5H,2H2,1H3,(H2,11,12,14). The predicted molar refractivity (Wildman–Crippen MR) is 53.5 cm³/mol. The van der Waals surface area contributed by atoms with Crippen molar-refractivity contribution in [2.45, 2.75) is 13.3 Å². The summed E-state index contributed by atoms with van der Waals surface area (Å²) in [7, 11) is 0. The highest BCUT2D eigenvalue weighted by Gasteiger charge is 2.04. The van der Waals surface area contributed by atoms with E-state index in [2.05, 4.69) is 9.97 Å². The first kappa shape index (κ1) is 8.74. The van der Waals surface area contributed by atoms with Crippen LogP contribution in [0, 0.1) is 0 Å². The Labute approximate surface area is 80.0 Å². The molecule has 0 saturated carbocycles. The number of aromatic nitrogens is 2. The molecular weight excluding hydrogens is 180 g/mol. The van der Waals surface area contributed by atoms with E-state index in [9.17, 15) is 9.59 Å². The first-order chi connectivity index (χ1) is 6.70. The molecule has 72 valence electrons. The number of ketones is 1. The normalized spacial score (nSPS) is 10.6. The van der Waals surface area contributed by atoms with Gasteiger partial charge in [0.15, 0.2) is 5.78 Å². The monoisotopic (exact) mass is 190 g/mol. The van der Waals surface area contributed by atoms with E-state index in [4.69, 9.17) is 0 Å². The Morgan fingerprint density at radius 2 is 2.00 bits per heavy atom. The molecule has 0 aliphatic carbocycles. The molecular formula is C10H10N2O2. The fraction of sp³-hybridized carbons (Fsp3) is 0.200. The van der Waals surface area contributed by atoms with Crippen LogP contribution >= 0.6 is 0 Å². The molecule has 0 atom stereocenters. The van der Waals surface area contributed by atoms with Gasteiger partial charge in [-0.2, -0.15) is 0 Å². The fourth-order valence-electron chi connectivity index (χ4n) is 1.41. The van der Waals surface area contributed by atoms with Crippen molar-refractivity contribution < 1.29 is 4.79 Å². The Hall–Kier alpha value is -1.84. The van der Waals surface area contributed by atoms with Gasteiger partial charge in [-0.25, -0.2) is 4.79 Å². The highest BCUT2D eigenvalue weighted by Crippen LogP contribution is 2.11. The van der Waals surface area contributed by atoms with Gasteiger partial charge in [-0.3, -0.25) is 4.79 Å². The van der Waals surface area contributed by atoms with Crippen molar-refractivity contribution in [2.24, 2.45) is 0 Å². The number of hydrogen-bond donors (Lipinski definition) is 2. The van der Waals surface area contributed by atoms with Gasteiger partial charge in [0.2, 0.25) is 0 Å². The van der Waals surface area contributed by atoms with Crippen molar-refractivity contribution in [1.29, 1.82) is 0 Å². The summed E-state index contributed by atoms with van der Waals surface area (Å²) in [5.74, 6) is 0.0777. The Kier molecular flexibility index (Phi) is 1.96. The number of hydrogen-bond acceptors (Lipinski definition) is 2. The van der Waals surface area contributed by atoms with Gasteiger partial charge in [0, 0.05) is 12.0 Å². The summed E-state index contributed by atoms with van der Waals surface area (Å²) in [6.45, 7) is 1.81. The Balaban J connectivity index is 2.61. The number of H-pyrrole nitrogens is 2. The van der Waals surface area contributed by atoms with Gasteiger partial charge in [-0.05, 0) is 18.2 Å². The number of carbonyl (C=O) groups excluding carboxylic acids is 1. The summed E-state index contributed by atoms with van der Waals surface area (Å²) in [5.41, 5.74) is 1.79. The predicted octanol–water partition coefficient (Wildman–Crippen LogP) is 1.45. The quantitative estimate of drug-likeness (QED) is 0.704. The van der Waals surface area contributed by atoms with Crippen LogP contribution in [0.15, 0.2) is 23.0 Å². The first-order valence-electron chi connectivity index (χ1n) is 4.46. The molecule has 0 aliphatic heterocycles. The lowest BCUT2D eigenvalue weighted by atomic mass is 10.1. The van der Waals surface area contributed by atoms with Gasteiger partial charge in [0.25, 0.3) is 0 Å². The van der Waals surface area contributed by atoms with Crippen molar-refractivity contribution in [3.63, 3.8) is 0 Å². The molecule has 4 heteroatoms. The van der Waals surface area contributed by atoms with Gasteiger partial charge in [-0.1, -0.05) is 6.92 Å². The number of fused-ring (bicyclic) bond motifs is 1. The average Bonchev–Trinajstić information content (AvgIpc) is 2.55. The lowest BCUT2D eigenvalue weighted by molar-refractivity contribution is 0.0988. The molecule has 0 aliphatic rings. The maximum absolute atomic E-state index is 11.4. The molecule has 0 fully saturated rings. The second-order valence-electron chi connectivity index (χ2n) is 3.12. The Morgan fingerprint density at radius 3 is 2.71 bits per heavy atom. The SMILES string of the molecule is CCC(=O)c1ccc2[nH]c(=O)[nH]c2c1. The molecule has 1 aromatic carbocycles. The summed E-state index contributed by atoms with van der Waals surface area (Å²) < 4.78 is 0. The van der Waals surface area contributed by atoms with Crippen LogP contribution < -0.4 is 5.69 Å². The smallest absolute Gasteiger partial charge is 0.306 e. The van der Waals surface area contributed by atoms with Crippen LogP contribution in [-0.4, -0.2) is 15.8 Å². The van der Waals surface area contributed by atoms with E-state index in [0.717, 1.165) is 5.52 Å². The fourth-order valence-corrected chi connectivity index (χ4v) is 1.41. The average molecular weight is 190 g/mol. The molecule has 0 unspecified atom stereocenters. The number of nitrogens with one attached hydrogen (secondary N) is 2. The largest absolute Gasteiger partial charge is 0.323 e. The van der Waals surface area contributed by atoms with E-state index in [1.807, 2.05) is 6.92 Å². The van der Waals surface area contributed by atoms with E-state index in [-0.39, 0.29) is 11.5 Å². The Bertz CT molecular complexity index is 536. The summed E-state index contributed by atoms with van der Waals surface area (Å²) in [6.07, 6.45) is 0.472. The maximum Gasteiger partial charge on any atom is 0.323 e. The Morgan fingerprint density at radius 1 is 1.29 bits per heavy atom. The maximum atomic E-state index is 11.4. The van der Waals surface area contributed by atoms with Crippen LogP contribution in [0.4, 0.5) is 0 Å².